The Morgan fingerprint density at radius 3 is 1.22 bits per heavy atom. The van der Waals surface area contributed by atoms with Gasteiger partial charge in [0.25, 0.3) is 0 Å². The highest BCUT2D eigenvalue weighted by Gasteiger charge is 2.35. The maximum absolute atomic E-state index is 13.4. The van der Waals surface area contributed by atoms with E-state index in [1.165, 1.54) is 0 Å². The monoisotopic (exact) mass is 671 g/mol. The van der Waals surface area contributed by atoms with Gasteiger partial charge >= 0.3 is 12.2 Å². The summed E-state index contributed by atoms with van der Waals surface area (Å²) in [5, 5.41) is 3.93. The van der Waals surface area contributed by atoms with Gasteiger partial charge in [0.1, 0.15) is 11.2 Å². The summed E-state index contributed by atoms with van der Waals surface area (Å²) in [6.07, 6.45) is 6.03. The van der Waals surface area contributed by atoms with Gasteiger partial charge in [0, 0.05) is 26.2 Å². The fourth-order valence-corrected chi connectivity index (χ4v) is 5.99. The minimum atomic E-state index is -0.595. The summed E-state index contributed by atoms with van der Waals surface area (Å²) in [7, 11) is 0. The average molecular weight is 672 g/mol. The molecule has 0 aliphatic rings. The molecule has 0 radical (unpaired) electrons. The lowest BCUT2D eigenvalue weighted by atomic mass is 9.77. The number of benzene rings is 3. The number of amides is 2. The topological polar surface area (TPSA) is 71.1 Å². The number of rotatable bonds is 18. The van der Waals surface area contributed by atoms with Gasteiger partial charge in [-0.2, -0.15) is 0 Å². The van der Waals surface area contributed by atoms with Crippen molar-refractivity contribution < 1.29 is 19.1 Å². The van der Waals surface area contributed by atoms with Crippen LogP contribution in [-0.4, -0.2) is 65.9 Å². The molecule has 49 heavy (non-hydrogen) atoms. The summed E-state index contributed by atoms with van der Waals surface area (Å²) >= 11 is 0. The summed E-state index contributed by atoms with van der Waals surface area (Å²) in [5.41, 5.74) is 1.76. The van der Waals surface area contributed by atoms with Gasteiger partial charge in [-0.15, -0.1) is 0 Å². The molecule has 1 N–H and O–H groups in total. The first-order valence-electron chi connectivity index (χ1n) is 18.2. The smallest absolute Gasteiger partial charge is 0.410 e. The molecule has 268 valence electrons. The Kier molecular flexibility index (Phi) is 15.7. The van der Waals surface area contributed by atoms with E-state index in [1.807, 2.05) is 69.5 Å². The summed E-state index contributed by atoms with van der Waals surface area (Å²) in [4.78, 5) is 30.1. The standard InChI is InChI=1S/C42H61N3O4/c1-8-9-10-20-31-44(38(46)48-40(2,3)4)32-21-22-33-45(39(47)49-41(5,6)7)34-23-30-43-42(35-24-14-11-15-25-35,36-26-16-12-17-27-36)37-28-18-13-19-29-37/h11-19,24-29,43H,8-10,20-23,30-34H2,1-7H3. The first kappa shape index (κ1) is 39.6. The molecule has 0 unspecified atom stereocenters. The highest BCUT2D eigenvalue weighted by Crippen LogP contribution is 2.36. The fourth-order valence-electron chi connectivity index (χ4n) is 5.99. The summed E-state index contributed by atoms with van der Waals surface area (Å²) in [5.74, 6) is 0. The lowest BCUT2D eigenvalue weighted by Crippen LogP contribution is -2.46. The summed E-state index contributed by atoms with van der Waals surface area (Å²) in [6.45, 7) is 16.6. The van der Waals surface area contributed by atoms with Crippen LogP contribution in [0.3, 0.4) is 0 Å². The molecule has 7 nitrogen and oxygen atoms in total. The van der Waals surface area contributed by atoms with E-state index in [0.29, 0.717) is 32.7 Å². The van der Waals surface area contributed by atoms with Crippen LogP contribution in [0, 0.1) is 0 Å². The van der Waals surface area contributed by atoms with Crippen LogP contribution in [0.25, 0.3) is 0 Å². The Morgan fingerprint density at radius 1 is 0.531 bits per heavy atom. The molecule has 0 spiro atoms. The van der Waals surface area contributed by atoms with Gasteiger partial charge < -0.3 is 19.3 Å². The van der Waals surface area contributed by atoms with E-state index in [4.69, 9.17) is 9.47 Å². The predicted octanol–water partition coefficient (Wildman–Crippen LogP) is 9.79. The molecule has 0 heterocycles. The molecule has 0 saturated carbocycles. The third-order valence-corrected chi connectivity index (χ3v) is 8.31. The SMILES string of the molecule is CCCCCCN(CCCCN(CCCNC(c1ccccc1)(c1ccccc1)c1ccccc1)C(=O)OC(C)(C)C)C(=O)OC(C)(C)C. The first-order valence-corrected chi connectivity index (χ1v) is 18.2. The van der Waals surface area contributed by atoms with Gasteiger partial charge in [-0.05, 0) is 90.5 Å². The van der Waals surface area contributed by atoms with Gasteiger partial charge in [0.2, 0.25) is 0 Å². The second-order valence-electron chi connectivity index (χ2n) is 14.8. The van der Waals surface area contributed by atoms with Crippen LogP contribution in [-0.2, 0) is 15.0 Å². The van der Waals surface area contributed by atoms with E-state index in [0.717, 1.165) is 61.6 Å². The third kappa shape index (κ3) is 13.2. The van der Waals surface area contributed by atoms with Crippen molar-refractivity contribution in [3.63, 3.8) is 0 Å². The van der Waals surface area contributed by atoms with Crippen LogP contribution < -0.4 is 5.32 Å². The molecule has 0 aliphatic heterocycles. The normalized spacial score (nSPS) is 12.0. The van der Waals surface area contributed by atoms with E-state index in [-0.39, 0.29) is 12.2 Å². The molecule has 2 amide bonds. The minimum Gasteiger partial charge on any atom is -0.444 e. The number of hydrogen-bond donors (Lipinski definition) is 1. The van der Waals surface area contributed by atoms with Crippen LogP contribution in [0.1, 0.15) is 110 Å². The van der Waals surface area contributed by atoms with Crippen molar-refractivity contribution in [1.29, 1.82) is 0 Å². The van der Waals surface area contributed by atoms with Crippen LogP contribution >= 0.6 is 0 Å². The van der Waals surface area contributed by atoms with E-state index in [2.05, 4.69) is 85.0 Å². The number of carbonyl (C=O) groups excluding carboxylic acids is 2. The quantitative estimate of drug-likeness (QED) is 0.108. The lowest BCUT2D eigenvalue weighted by Gasteiger charge is -2.37. The molecule has 0 saturated heterocycles. The Hall–Kier alpha value is -3.84. The fraction of sp³-hybridized carbons (Fsp3) is 0.524. The molecule has 3 rings (SSSR count). The highest BCUT2D eigenvalue weighted by molar-refractivity contribution is 5.68. The van der Waals surface area contributed by atoms with Crippen molar-refractivity contribution in [3.05, 3.63) is 108 Å². The van der Waals surface area contributed by atoms with Gasteiger partial charge in [-0.25, -0.2) is 9.59 Å². The highest BCUT2D eigenvalue weighted by atomic mass is 16.6. The zero-order chi connectivity index (χ0) is 35.8. The third-order valence-electron chi connectivity index (χ3n) is 8.31. The molecule has 0 aliphatic carbocycles. The van der Waals surface area contributed by atoms with Gasteiger partial charge in [-0.1, -0.05) is 117 Å². The molecular formula is C42H61N3O4. The maximum Gasteiger partial charge on any atom is 0.410 e. The Bertz CT molecular complexity index is 1270. The second kappa shape index (κ2) is 19.4. The maximum atomic E-state index is 13.4. The second-order valence-corrected chi connectivity index (χ2v) is 14.8. The van der Waals surface area contributed by atoms with Crippen molar-refractivity contribution in [3.8, 4) is 0 Å². The van der Waals surface area contributed by atoms with Crippen LogP contribution in [0.5, 0.6) is 0 Å². The van der Waals surface area contributed by atoms with Crippen LogP contribution in [0.15, 0.2) is 91.0 Å². The number of nitrogens with zero attached hydrogens (tertiary/aromatic N) is 2. The number of ether oxygens (including phenoxy) is 2. The molecule has 0 atom stereocenters. The molecule has 0 bridgehead atoms. The average Bonchev–Trinajstić information content (AvgIpc) is 3.06. The molecule has 0 fully saturated rings. The van der Waals surface area contributed by atoms with Crippen LogP contribution in [0.2, 0.25) is 0 Å². The number of unbranched alkanes of at least 4 members (excludes halogenated alkanes) is 4. The summed E-state index contributed by atoms with van der Waals surface area (Å²) in [6, 6.07) is 31.6. The zero-order valence-electron chi connectivity index (χ0n) is 31.2. The molecular weight excluding hydrogens is 610 g/mol. The van der Waals surface area contributed by atoms with Gasteiger partial charge in [0.05, 0.1) is 5.54 Å². The van der Waals surface area contributed by atoms with E-state index < -0.39 is 16.7 Å². The Labute approximate surface area is 296 Å². The van der Waals surface area contributed by atoms with Crippen molar-refractivity contribution in [1.82, 2.24) is 15.1 Å². The molecule has 3 aromatic rings. The van der Waals surface area contributed by atoms with Crippen LogP contribution in [0.4, 0.5) is 9.59 Å². The molecule has 7 heteroatoms. The predicted molar refractivity (Wildman–Crippen MR) is 201 cm³/mol. The summed E-state index contributed by atoms with van der Waals surface area (Å²) < 4.78 is 11.5. The minimum absolute atomic E-state index is 0.266. The number of hydrogen-bond acceptors (Lipinski definition) is 5. The van der Waals surface area contributed by atoms with Crippen molar-refractivity contribution >= 4 is 12.2 Å². The Balaban J connectivity index is 1.72. The first-order chi connectivity index (χ1) is 23.4. The van der Waals surface area contributed by atoms with E-state index in [1.54, 1.807) is 0 Å². The number of nitrogens with one attached hydrogen (secondary N) is 1. The molecule has 3 aromatic carbocycles. The van der Waals surface area contributed by atoms with Gasteiger partial charge in [0.15, 0.2) is 0 Å². The Morgan fingerprint density at radius 2 is 0.878 bits per heavy atom. The number of carbonyl (C=O) groups is 2. The molecule has 0 aromatic heterocycles. The van der Waals surface area contributed by atoms with Crippen molar-refractivity contribution in [2.45, 2.75) is 110 Å². The van der Waals surface area contributed by atoms with Crippen molar-refractivity contribution in [2.75, 3.05) is 32.7 Å². The van der Waals surface area contributed by atoms with Gasteiger partial charge in [-0.3, -0.25) is 5.32 Å². The largest absolute Gasteiger partial charge is 0.444 e. The van der Waals surface area contributed by atoms with E-state index in [9.17, 15) is 9.59 Å². The van der Waals surface area contributed by atoms with Crippen molar-refractivity contribution in [2.24, 2.45) is 0 Å². The lowest BCUT2D eigenvalue weighted by molar-refractivity contribution is 0.0207. The van der Waals surface area contributed by atoms with E-state index >= 15 is 0 Å². The zero-order valence-corrected chi connectivity index (χ0v) is 31.2.